The predicted molar refractivity (Wildman–Crippen MR) is 95.5 cm³/mol. The van der Waals surface area contributed by atoms with Gasteiger partial charge in [-0.25, -0.2) is 0 Å². The van der Waals surface area contributed by atoms with E-state index in [0.29, 0.717) is 11.4 Å². The zero-order chi connectivity index (χ0) is 19.0. The van der Waals surface area contributed by atoms with Crippen LogP contribution < -0.4 is 21.1 Å². The van der Waals surface area contributed by atoms with E-state index >= 15 is 0 Å². The van der Waals surface area contributed by atoms with Crippen molar-refractivity contribution >= 4 is 34.6 Å². The molecule has 134 valence electrons. The predicted octanol–water partition coefficient (Wildman–Crippen LogP) is 2.49. The first-order valence-electron chi connectivity index (χ1n) is 7.70. The van der Waals surface area contributed by atoms with Crippen LogP contribution >= 0.6 is 0 Å². The molecule has 1 aliphatic rings. The number of rotatable bonds is 4. The summed E-state index contributed by atoms with van der Waals surface area (Å²) in [7, 11) is 1.32. The molecule has 9 nitrogen and oxygen atoms in total. The van der Waals surface area contributed by atoms with Crippen molar-refractivity contribution in [1.29, 1.82) is 0 Å². The summed E-state index contributed by atoms with van der Waals surface area (Å²) < 4.78 is 5.08. The molecule has 9 heteroatoms. The van der Waals surface area contributed by atoms with Crippen LogP contribution in [-0.4, -0.2) is 23.8 Å². The van der Waals surface area contributed by atoms with Gasteiger partial charge in [0, 0.05) is 11.8 Å². The Morgan fingerprint density at radius 1 is 1.35 bits per heavy atom. The number of nitrogens with one attached hydrogen (secondary N) is 2. The van der Waals surface area contributed by atoms with Gasteiger partial charge in [0.15, 0.2) is 0 Å². The van der Waals surface area contributed by atoms with E-state index in [0.717, 1.165) is 5.56 Å². The number of carbonyl (C=O) groups excluding carboxylic acids is 2. The summed E-state index contributed by atoms with van der Waals surface area (Å²) in [5.41, 5.74) is 7.88. The first-order chi connectivity index (χ1) is 12.3. The Kier molecular flexibility index (Phi) is 4.21. The summed E-state index contributed by atoms with van der Waals surface area (Å²) >= 11 is 0. The van der Waals surface area contributed by atoms with Crippen molar-refractivity contribution in [2.24, 2.45) is 0 Å². The normalized spacial score (nSPS) is 15.2. The maximum atomic E-state index is 12.6. The van der Waals surface area contributed by atoms with Gasteiger partial charge in [0.1, 0.15) is 5.75 Å². The minimum atomic E-state index is -0.575. The molecule has 0 bridgehead atoms. The third-order valence-corrected chi connectivity index (χ3v) is 4.23. The minimum Gasteiger partial charge on any atom is -0.496 e. The quantitative estimate of drug-likeness (QED) is 0.437. The van der Waals surface area contributed by atoms with Gasteiger partial charge in [0.2, 0.25) is 5.91 Å². The summed E-state index contributed by atoms with van der Waals surface area (Å²) in [6.07, 6.45) is 0. The number of hydrogen-bond acceptors (Lipinski definition) is 6. The van der Waals surface area contributed by atoms with Crippen LogP contribution in [0, 0.1) is 10.1 Å². The highest BCUT2D eigenvalue weighted by atomic mass is 16.6. The van der Waals surface area contributed by atoms with Crippen molar-refractivity contribution in [3.05, 3.63) is 51.6 Å². The molecule has 0 saturated heterocycles. The zero-order valence-corrected chi connectivity index (χ0v) is 14.0. The smallest absolute Gasteiger partial charge is 0.273 e. The first-order valence-corrected chi connectivity index (χ1v) is 7.70. The number of nitrogen functional groups attached to an aromatic ring is 1. The first kappa shape index (κ1) is 17.2. The standard InChI is InChI=1S/C17H16N4O5/c1-8-11-6-14(12(18)7-13(11)19-16(8)22)20-17(23)10-4-3-9(21(24)25)5-15(10)26-2/h3-8H,18H2,1-2H3,(H,19,22)(H,20,23)/t8-/m0/s1. The van der Waals surface area contributed by atoms with E-state index in [2.05, 4.69) is 10.6 Å². The lowest BCUT2D eigenvalue weighted by Gasteiger charge is -2.13. The monoisotopic (exact) mass is 356 g/mol. The third kappa shape index (κ3) is 2.90. The number of benzene rings is 2. The molecule has 0 aliphatic carbocycles. The van der Waals surface area contributed by atoms with Gasteiger partial charge in [-0.3, -0.25) is 19.7 Å². The molecule has 2 aromatic rings. The Hall–Kier alpha value is -3.62. The molecule has 0 unspecified atom stereocenters. The molecule has 26 heavy (non-hydrogen) atoms. The summed E-state index contributed by atoms with van der Waals surface area (Å²) in [5.74, 6) is -0.954. The van der Waals surface area contributed by atoms with E-state index in [1.54, 1.807) is 19.1 Å². The number of nitro groups is 1. The molecule has 1 aliphatic heterocycles. The topological polar surface area (TPSA) is 137 Å². The van der Waals surface area contributed by atoms with Gasteiger partial charge in [0.25, 0.3) is 11.6 Å². The Morgan fingerprint density at radius 2 is 2.08 bits per heavy atom. The number of anilines is 3. The van der Waals surface area contributed by atoms with Crippen molar-refractivity contribution in [3.63, 3.8) is 0 Å². The lowest BCUT2D eigenvalue weighted by atomic mass is 10.0. The second-order valence-electron chi connectivity index (χ2n) is 5.83. The Morgan fingerprint density at radius 3 is 2.73 bits per heavy atom. The highest BCUT2D eigenvalue weighted by molar-refractivity contribution is 6.09. The molecule has 2 aromatic carbocycles. The molecule has 4 N–H and O–H groups in total. The van der Waals surface area contributed by atoms with E-state index in [9.17, 15) is 19.7 Å². The third-order valence-electron chi connectivity index (χ3n) is 4.23. The van der Waals surface area contributed by atoms with Gasteiger partial charge < -0.3 is 21.1 Å². The molecule has 0 aromatic heterocycles. The Bertz CT molecular complexity index is 941. The molecule has 0 radical (unpaired) electrons. The number of nitro benzene ring substituents is 1. The van der Waals surface area contributed by atoms with E-state index < -0.39 is 10.8 Å². The van der Waals surface area contributed by atoms with Crippen molar-refractivity contribution in [1.82, 2.24) is 0 Å². The van der Waals surface area contributed by atoms with E-state index in [4.69, 9.17) is 10.5 Å². The molecule has 0 saturated carbocycles. The molecular weight excluding hydrogens is 340 g/mol. The van der Waals surface area contributed by atoms with E-state index in [1.165, 1.54) is 25.3 Å². The lowest BCUT2D eigenvalue weighted by Crippen LogP contribution is -2.15. The Labute approximate surface area is 148 Å². The van der Waals surface area contributed by atoms with Gasteiger partial charge in [0.05, 0.1) is 41.0 Å². The number of carbonyl (C=O) groups is 2. The van der Waals surface area contributed by atoms with Crippen LogP contribution in [0.1, 0.15) is 28.8 Å². The van der Waals surface area contributed by atoms with Crippen molar-refractivity contribution in [3.8, 4) is 5.75 Å². The largest absolute Gasteiger partial charge is 0.496 e. The zero-order valence-electron chi connectivity index (χ0n) is 14.0. The van der Waals surface area contributed by atoms with Gasteiger partial charge >= 0.3 is 0 Å². The van der Waals surface area contributed by atoms with Crippen molar-refractivity contribution in [2.75, 3.05) is 23.5 Å². The highest BCUT2D eigenvalue weighted by Gasteiger charge is 2.28. The maximum absolute atomic E-state index is 12.6. The number of nitrogens with zero attached hydrogens (tertiary/aromatic N) is 1. The number of nitrogens with two attached hydrogens (primary N) is 1. The van der Waals surface area contributed by atoms with Crippen LogP contribution in [0.3, 0.4) is 0 Å². The van der Waals surface area contributed by atoms with Crippen LogP contribution in [0.25, 0.3) is 0 Å². The van der Waals surface area contributed by atoms with Crippen LogP contribution in [-0.2, 0) is 4.79 Å². The number of methoxy groups -OCH3 is 1. The molecular formula is C17H16N4O5. The fourth-order valence-electron chi connectivity index (χ4n) is 2.76. The lowest BCUT2D eigenvalue weighted by molar-refractivity contribution is -0.384. The van der Waals surface area contributed by atoms with Crippen LogP contribution in [0.4, 0.5) is 22.7 Å². The van der Waals surface area contributed by atoms with Gasteiger partial charge in [-0.05, 0) is 30.7 Å². The fraction of sp³-hybridized carbons (Fsp3) is 0.176. The number of fused-ring (bicyclic) bond motifs is 1. The number of non-ortho nitro benzene ring substituents is 1. The summed E-state index contributed by atoms with van der Waals surface area (Å²) in [6, 6.07) is 6.92. The molecule has 3 rings (SSSR count). The van der Waals surface area contributed by atoms with Crippen molar-refractivity contribution < 1.29 is 19.2 Å². The Balaban J connectivity index is 1.92. The molecule has 0 spiro atoms. The van der Waals surface area contributed by atoms with Gasteiger partial charge in [-0.2, -0.15) is 0 Å². The van der Waals surface area contributed by atoms with E-state index in [1.807, 2.05) is 0 Å². The second kappa shape index (κ2) is 6.36. The second-order valence-corrected chi connectivity index (χ2v) is 5.83. The summed E-state index contributed by atoms with van der Waals surface area (Å²) in [5, 5.41) is 16.2. The van der Waals surface area contributed by atoms with Crippen LogP contribution in [0.5, 0.6) is 5.75 Å². The van der Waals surface area contributed by atoms with Gasteiger partial charge in [-0.1, -0.05) is 0 Å². The average molecular weight is 356 g/mol. The van der Waals surface area contributed by atoms with E-state index in [-0.39, 0.29) is 34.5 Å². The highest BCUT2D eigenvalue weighted by Crippen LogP contribution is 2.37. The number of hydrogen-bond donors (Lipinski definition) is 3. The molecule has 2 amide bonds. The number of ether oxygens (including phenoxy) is 1. The van der Waals surface area contributed by atoms with Crippen LogP contribution in [0.2, 0.25) is 0 Å². The van der Waals surface area contributed by atoms with Crippen LogP contribution in [0.15, 0.2) is 30.3 Å². The number of amides is 2. The summed E-state index contributed by atoms with van der Waals surface area (Å²) in [4.78, 5) is 34.6. The molecule has 0 fully saturated rings. The average Bonchev–Trinajstić information content (AvgIpc) is 2.88. The van der Waals surface area contributed by atoms with Gasteiger partial charge in [-0.15, -0.1) is 0 Å². The minimum absolute atomic E-state index is 0.0710. The van der Waals surface area contributed by atoms with Crippen molar-refractivity contribution in [2.45, 2.75) is 12.8 Å². The molecule has 1 atom stereocenters. The fourth-order valence-corrected chi connectivity index (χ4v) is 2.76. The SMILES string of the molecule is COc1cc([N+](=O)[O-])ccc1C(=O)Nc1cc2c(cc1N)NC(=O)[C@H]2C. The molecule has 1 heterocycles. The maximum Gasteiger partial charge on any atom is 0.273 e. The summed E-state index contributed by atoms with van der Waals surface area (Å²) in [6.45, 7) is 1.75.